The maximum atomic E-state index is 12.9. The van der Waals surface area contributed by atoms with E-state index >= 15 is 0 Å². The van der Waals surface area contributed by atoms with Crippen molar-refractivity contribution in [1.29, 1.82) is 0 Å². The van der Waals surface area contributed by atoms with Gasteiger partial charge in [-0.15, -0.1) is 0 Å². The lowest BCUT2D eigenvalue weighted by Crippen LogP contribution is -2.39. The average Bonchev–Trinajstić information content (AvgIpc) is 3.13. The predicted octanol–water partition coefficient (Wildman–Crippen LogP) is 2.81. The summed E-state index contributed by atoms with van der Waals surface area (Å²) < 4.78 is 29.4. The van der Waals surface area contributed by atoms with Crippen molar-refractivity contribution in [2.24, 2.45) is 5.92 Å². The van der Waals surface area contributed by atoms with Gasteiger partial charge < -0.3 is 4.57 Å². The molecule has 2 fully saturated rings. The minimum atomic E-state index is -3.43. The number of fused-ring (bicyclic) bond motifs is 1. The van der Waals surface area contributed by atoms with Crippen molar-refractivity contribution in [3.05, 3.63) is 12.5 Å². The fraction of sp³-hybridized carbons (Fsp3) is 0.800. The lowest BCUT2D eigenvalue weighted by atomic mass is 9.86. The van der Waals surface area contributed by atoms with Crippen molar-refractivity contribution in [2.75, 3.05) is 6.54 Å². The molecular formula is C15H25N3O2S. The lowest BCUT2D eigenvalue weighted by Gasteiger charge is -2.30. The van der Waals surface area contributed by atoms with Crippen molar-refractivity contribution in [2.45, 2.75) is 69.5 Å². The minimum absolute atomic E-state index is 0.206. The Kier molecular flexibility index (Phi) is 4.10. The van der Waals surface area contributed by atoms with Gasteiger partial charge in [0.1, 0.15) is 0 Å². The molecule has 0 N–H and O–H groups in total. The molecule has 5 nitrogen and oxygen atoms in total. The van der Waals surface area contributed by atoms with Crippen molar-refractivity contribution < 1.29 is 8.42 Å². The summed E-state index contributed by atoms with van der Waals surface area (Å²) >= 11 is 0. The molecule has 0 bridgehead atoms. The number of hydrogen-bond acceptors (Lipinski definition) is 3. The quantitative estimate of drug-likeness (QED) is 0.859. The van der Waals surface area contributed by atoms with Gasteiger partial charge in [0.2, 0.25) is 0 Å². The maximum Gasteiger partial charge on any atom is 0.262 e. The van der Waals surface area contributed by atoms with E-state index in [0.717, 1.165) is 25.7 Å². The minimum Gasteiger partial charge on any atom is -0.333 e. The molecule has 1 aromatic heterocycles. The summed E-state index contributed by atoms with van der Waals surface area (Å²) in [4.78, 5) is 4.17. The molecule has 1 aliphatic carbocycles. The second-order valence-electron chi connectivity index (χ2n) is 6.43. The highest BCUT2D eigenvalue weighted by molar-refractivity contribution is 7.89. The summed E-state index contributed by atoms with van der Waals surface area (Å²) in [6, 6.07) is 0.486. The van der Waals surface area contributed by atoms with E-state index in [2.05, 4.69) is 18.8 Å². The first-order valence-electron chi connectivity index (χ1n) is 8.09. The first-order valence-corrected chi connectivity index (χ1v) is 9.53. The number of aromatic nitrogens is 2. The standard InChI is InChI=1S/C15H25N3O2S/c1-3-12(2)17-10-15(16-11-17)21(19,20)18-9-8-13-6-4-5-7-14(13)18/h10-14H,3-9H2,1-2H3/t12-,13-,14-/m0/s1. The van der Waals surface area contributed by atoms with E-state index in [0.29, 0.717) is 12.5 Å². The summed E-state index contributed by atoms with van der Waals surface area (Å²) in [6.45, 7) is 4.82. The topological polar surface area (TPSA) is 55.2 Å². The van der Waals surface area contributed by atoms with Crippen LogP contribution in [0.4, 0.5) is 0 Å². The normalized spacial score (nSPS) is 28.5. The fourth-order valence-electron chi connectivity index (χ4n) is 3.68. The molecule has 2 aliphatic rings. The van der Waals surface area contributed by atoms with E-state index in [1.807, 2.05) is 4.57 Å². The molecule has 1 saturated carbocycles. The number of rotatable bonds is 4. The fourth-order valence-corrected chi connectivity index (χ4v) is 5.34. The Morgan fingerprint density at radius 2 is 2.10 bits per heavy atom. The Bertz CT molecular complexity index is 596. The first kappa shape index (κ1) is 15.0. The van der Waals surface area contributed by atoms with Crippen LogP contribution >= 0.6 is 0 Å². The average molecular weight is 311 g/mol. The van der Waals surface area contributed by atoms with E-state index in [1.165, 1.54) is 12.8 Å². The van der Waals surface area contributed by atoms with E-state index in [4.69, 9.17) is 0 Å². The SMILES string of the molecule is CC[C@H](C)n1cnc(S(=O)(=O)N2CC[C@@H]3CCCC[C@@H]32)c1. The van der Waals surface area contributed by atoms with Crippen LogP contribution in [0.3, 0.4) is 0 Å². The highest BCUT2D eigenvalue weighted by Gasteiger charge is 2.43. The molecule has 3 atom stereocenters. The van der Waals surface area contributed by atoms with E-state index in [-0.39, 0.29) is 17.1 Å². The second kappa shape index (κ2) is 5.72. The number of imidazole rings is 1. The van der Waals surface area contributed by atoms with Crippen LogP contribution in [0, 0.1) is 5.92 Å². The van der Waals surface area contributed by atoms with Crippen molar-refractivity contribution >= 4 is 10.0 Å². The van der Waals surface area contributed by atoms with Gasteiger partial charge in [-0.05, 0) is 38.5 Å². The Hall–Kier alpha value is -0.880. The van der Waals surface area contributed by atoms with Crippen molar-refractivity contribution in [1.82, 2.24) is 13.9 Å². The smallest absolute Gasteiger partial charge is 0.262 e. The largest absolute Gasteiger partial charge is 0.333 e. The summed E-state index contributed by atoms with van der Waals surface area (Å²) in [6.07, 6.45) is 9.90. The van der Waals surface area contributed by atoms with E-state index in [9.17, 15) is 8.42 Å². The van der Waals surface area contributed by atoms with Gasteiger partial charge in [-0.2, -0.15) is 4.31 Å². The third-order valence-electron chi connectivity index (χ3n) is 5.21. The highest BCUT2D eigenvalue weighted by atomic mass is 32.2. The Balaban J connectivity index is 1.85. The third-order valence-corrected chi connectivity index (χ3v) is 7.02. The highest BCUT2D eigenvalue weighted by Crippen LogP contribution is 2.38. The van der Waals surface area contributed by atoms with Crippen molar-refractivity contribution in [3.63, 3.8) is 0 Å². The van der Waals surface area contributed by atoms with E-state index < -0.39 is 10.0 Å². The zero-order chi connectivity index (χ0) is 15.0. The molecule has 1 saturated heterocycles. The molecule has 0 aromatic carbocycles. The van der Waals surface area contributed by atoms with Crippen LogP contribution in [0.15, 0.2) is 17.6 Å². The van der Waals surface area contributed by atoms with Crippen LogP contribution in [0.2, 0.25) is 0 Å². The Morgan fingerprint density at radius 1 is 1.33 bits per heavy atom. The van der Waals surface area contributed by atoms with Crippen molar-refractivity contribution in [3.8, 4) is 0 Å². The monoisotopic (exact) mass is 311 g/mol. The van der Waals surface area contributed by atoms with Crippen LogP contribution in [-0.4, -0.2) is 34.9 Å². The first-order chi connectivity index (χ1) is 10.0. The van der Waals surface area contributed by atoms with Gasteiger partial charge in [0.15, 0.2) is 5.03 Å². The van der Waals surface area contributed by atoms with Gasteiger partial charge in [-0.1, -0.05) is 19.8 Å². The van der Waals surface area contributed by atoms with Gasteiger partial charge in [-0.3, -0.25) is 0 Å². The summed E-state index contributed by atoms with van der Waals surface area (Å²) in [5.41, 5.74) is 0. The van der Waals surface area contributed by atoms with Gasteiger partial charge in [0.05, 0.1) is 6.33 Å². The molecule has 0 radical (unpaired) electrons. The molecular weight excluding hydrogens is 286 g/mol. The molecule has 0 unspecified atom stereocenters. The number of sulfonamides is 1. The zero-order valence-electron chi connectivity index (χ0n) is 12.9. The molecule has 0 spiro atoms. The van der Waals surface area contributed by atoms with Crippen LogP contribution in [-0.2, 0) is 10.0 Å². The van der Waals surface area contributed by atoms with Gasteiger partial charge in [0, 0.05) is 24.8 Å². The van der Waals surface area contributed by atoms with Gasteiger partial charge in [-0.25, -0.2) is 13.4 Å². The molecule has 1 aromatic rings. The molecule has 2 heterocycles. The molecule has 6 heteroatoms. The maximum absolute atomic E-state index is 12.9. The van der Waals surface area contributed by atoms with E-state index in [1.54, 1.807) is 16.8 Å². The van der Waals surface area contributed by atoms with Crippen LogP contribution in [0.5, 0.6) is 0 Å². The van der Waals surface area contributed by atoms with Crippen LogP contribution in [0.1, 0.15) is 58.4 Å². The zero-order valence-corrected chi connectivity index (χ0v) is 13.7. The van der Waals surface area contributed by atoms with Gasteiger partial charge in [0.25, 0.3) is 10.0 Å². The molecule has 0 amide bonds. The predicted molar refractivity (Wildman–Crippen MR) is 81.5 cm³/mol. The Morgan fingerprint density at radius 3 is 2.86 bits per heavy atom. The molecule has 118 valence electrons. The number of hydrogen-bond donors (Lipinski definition) is 0. The summed E-state index contributed by atoms with van der Waals surface area (Å²) in [5.74, 6) is 0.560. The summed E-state index contributed by atoms with van der Waals surface area (Å²) in [5, 5.41) is 0.217. The molecule has 21 heavy (non-hydrogen) atoms. The molecule has 3 rings (SSSR count). The third kappa shape index (κ3) is 2.63. The second-order valence-corrected chi connectivity index (χ2v) is 8.27. The lowest BCUT2D eigenvalue weighted by molar-refractivity contribution is 0.260. The van der Waals surface area contributed by atoms with Crippen LogP contribution in [0.25, 0.3) is 0 Å². The van der Waals surface area contributed by atoms with Crippen LogP contribution < -0.4 is 0 Å². The molecule has 1 aliphatic heterocycles. The Labute approximate surface area is 127 Å². The summed E-state index contributed by atoms with van der Waals surface area (Å²) in [7, 11) is -3.43. The number of nitrogens with zero attached hydrogens (tertiary/aromatic N) is 3. The van der Waals surface area contributed by atoms with Gasteiger partial charge >= 0.3 is 0 Å².